The Morgan fingerprint density at radius 3 is 2.44 bits per heavy atom. The summed E-state index contributed by atoms with van der Waals surface area (Å²) in [6.07, 6.45) is 4.17. The third-order valence-corrected chi connectivity index (χ3v) is 3.59. The number of carbonyl (C=O) groups excluding carboxylic acids is 1. The first-order valence-corrected chi connectivity index (χ1v) is 8.16. The van der Waals surface area contributed by atoms with Crippen LogP contribution in [0.4, 0.5) is 0 Å². The number of hydrogen-bond donors (Lipinski definition) is 0. The third-order valence-electron chi connectivity index (χ3n) is 3.59. The van der Waals surface area contributed by atoms with Crippen LogP contribution in [0.25, 0.3) is 21.6 Å². The fourth-order valence-electron chi connectivity index (χ4n) is 2.62. The second-order valence-electron chi connectivity index (χ2n) is 6.65. The Labute approximate surface area is 147 Å². The van der Waals surface area contributed by atoms with Gasteiger partial charge in [-0.05, 0) is 79.2 Å². The number of nitrogens with zero attached hydrogens (tertiary/aromatic N) is 4. The smallest absolute Gasteiger partial charge is 0.338 e. The van der Waals surface area contributed by atoms with Crippen LogP contribution >= 0.6 is 0 Å². The highest BCUT2D eigenvalue weighted by Crippen LogP contribution is 2.31. The van der Waals surface area contributed by atoms with E-state index in [4.69, 9.17) is 10.3 Å². The number of esters is 1. The van der Waals surface area contributed by atoms with Crippen LogP contribution in [0.1, 0.15) is 49.2 Å². The summed E-state index contributed by atoms with van der Waals surface area (Å²) in [5.74, 6) is -0.384. The van der Waals surface area contributed by atoms with Gasteiger partial charge >= 0.3 is 5.97 Å². The van der Waals surface area contributed by atoms with Gasteiger partial charge in [0.2, 0.25) is 0 Å². The molecule has 2 aromatic rings. The van der Waals surface area contributed by atoms with Crippen molar-refractivity contribution in [3.05, 3.63) is 63.8 Å². The minimum absolute atomic E-state index is 0.164. The summed E-state index contributed by atoms with van der Waals surface area (Å²) in [7, 11) is 0. The monoisotopic (exact) mass is 338 g/mol. The van der Waals surface area contributed by atoms with Crippen LogP contribution in [0.15, 0.2) is 41.8 Å². The van der Waals surface area contributed by atoms with Crippen molar-refractivity contribution in [3.8, 4) is 11.1 Å². The maximum Gasteiger partial charge on any atom is 0.338 e. The highest BCUT2D eigenvalue weighted by molar-refractivity contribution is 5.91. The molecule has 1 aromatic carbocycles. The maximum absolute atomic E-state index is 12.5. The molecule has 0 N–H and O–H groups in total. The fourth-order valence-corrected chi connectivity index (χ4v) is 2.62. The highest BCUT2D eigenvalue weighted by Gasteiger charge is 2.20. The van der Waals surface area contributed by atoms with E-state index in [9.17, 15) is 4.79 Å². The van der Waals surface area contributed by atoms with E-state index in [2.05, 4.69) is 15.0 Å². The number of pyridine rings is 1. The molecule has 0 saturated carbocycles. The van der Waals surface area contributed by atoms with Crippen molar-refractivity contribution in [2.75, 3.05) is 0 Å². The quantitative estimate of drug-likeness (QED) is 0.330. The van der Waals surface area contributed by atoms with Crippen molar-refractivity contribution < 1.29 is 9.53 Å². The van der Waals surface area contributed by atoms with Crippen LogP contribution in [0.2, 0.25) is 0 Å². The number of benzene rings is 1. The van der Waals surface area contributed by atoms with Gasteiger partial charge in [0, 0.05) is 17.3 Å². The Morgan fingerprint density at radius 1 is 1.24 bits per heavy atom. The molecule has 25 heavy (non-hydrogen) atoms. The predicted molar refractivity (Wildman–Crippen MR) is 97.1 cm³/mol. The molecule has 0 fully saturated rings. The van der Waals surface area contributed by atoms with Gasteiger partial charge in [-0.3, -0.25) is 4.98 Å². The summed E-state index contributed by atoms with van der Waals surface area (Å²) in [6, 6.07) is 7.41. The van der Waals surface area contributed by atoms with E-state index in [-0.39, 0.29) is 12.5 Å². The van der Waals surface area contributed by atoms with Gasteiger partial charge in [-0.1, -0.05) is 12.0 Å². The van der Waals surface area contributed by atoms with Crippen molar-refractivity contribution >= 4 is 5.97 Å². The lowest BCUT2D eigenvalue weighted by Crippen LogP contribution is -2.24. The van der Waals surface area contributed by atoms with Gasteiger partial charge in [0.1, 0.15) is 5.60 Å². The molecular weight excluding hydrogens is 316 g/mol. The third kappa shape index (κ3) is 4.81. The normalized spacial score (nSPS) is 10.9. The number of carbonyl (C=O) groups is 1. The molecule has 1 aromatic heterocycles. The van der Waals surface area contributed by atoms with Crippen LogP contribution < -0.4 is 0 Å². The first-order valence-electron chi connectivity index (χ1n) is 8.16. The number of hydrogen-bond acceptors (Lipinski definition) is 4. The molecule has 0 radical (unpaired) electrons. The summed E-state index contributed by atoms with van der Waals surface area (Å²) in [6.45, 7) is 7.68. The van der Waals surface area contributed by atoms with Crippen molar-refractivity contribution in [1.29, 1.82) is 0 Å². The fraction of sp³-hybridized carbons (Fsp3) is 0.368. The highest BCUT2D eigenvalue weighted by atomic mass is 16.6. The van der Waals surface area contributed by atoms with E-state index >= 15 is 0 Å². The Bertz CT molecular complexity index is 804. The van der Waals surface area contributed by atoms with Crippen molar-refractivity contribution in [3.63, 3.8) is 0 Å². The topological polar surface area (TPSA) is 88.0 Å². The van der Waals surface area contributed by atoms with Gasteiger partial charge in [0.25, 0.3) is 0 Å². The first-order chi connectivity index (χ1) is 11.9. The number of aryl methyl sites for hydroxylation is 1. The van der Waals surface area contributed by atoms with E-state index in [1.54, 1.807) is 18.5 Å². The zero-order valence-electron chi connectivity index (χ0n) is 15.0. The largest absolute Gasteiger partial charge is 0.456 e. The van der Waals surface area contributed by atoms with Crippen LogP contribution in [0.5, 0.6) is 0 Å². The van der Waals surface area contributed by atoms with Gasteiger partial charge < -0.3 is 4.74 Å². The Balaban J connectivity index is 2.60. The summed E-state index contributed by atoms with van der Waals surface area (Å²) in [5.41, 5.74) is 12.3. The molecule has 6 nitrogen and oxygen atoms in total. The number of azide groups is 1. The number of rotatable bonds is 5. The summed E-state index contributed by atoms with van der Waals surface area (Å²) >= 11 is 0. The Morgan fingerprint density at radius 2 is 1.88 bits per heavy atom. The molecule has 2 rings (SSSR count). The average molecular weight is 338 g/mol. The first kappa shape index (κ1) is 18.5. The molecular formula is C19H22N4O2. The van der Waals surface area contributed by atoms with Gasteiger partial charge in [0.15, 0.2) is 0 Å². The molecule has 0 bridgehead atoms. The molecule has 6 heteroatoms. The van der Waals surface area contributed by atoms with Gasteiger partial charge in [0.05, 0.1) is 12.1 Å². The molecule has 0 aliphatic heterocycles. The zero-order valence-corrected chi connectivity index (χ0v) is 15.0. The van der Waals surface area contributed by atoms with E-state index in [1.807, 2.05) is 45.9 Å². The molecule has 1 heterocycles. The number of ether oxygens (including phenoxy) is 1. The molecule has 0 amide bonds. The Kier molecular flexibility index (Phi) is 5.78. The van der Waals surface area contributed by atoms with Crippen LogP contribution in [-0.4, -0.2) is 16.6 Å². The number of aromatic nitrogens is 1. The van der Waals surface area contributed by atoms with Gasteiger partial charge in [-0.25, -0.2) is 4.79 Å². The molecule has 0 aliphatic rings. The molecule has 130 valence electrons. The lowest BCUT2D eigenvalue weighted by atomic mass is 9.91. The lowest BCUT2D eigenvalue weighted by molar-refractivity contribution is 0.00693. The standard InChI is InChI=1S/C19H22N4O2/c1-5-13-10-15(18(24)25-19(2,3)4)11-16(12-22-23-20)17(13)14-6-8-21-9-7-14/h6-11H,5,12H2,1-4H3. The Hall–Kier alpha value is -2.85. The maximum atomic E-state index is 12.5. The van der Waals surface area contributed by atoms with Crippen molar-refractivity contribution in [2.45, 2.75) is 46.3 Å². The summed E-state index contributed by atoms with van der Waals surface area (Å²) in [5, 5.41) is 3.69. The van der Waals surface area contributed by atoms with E-state index in [1.165, 1.54) is 0 Å². The zero-order chi connectivity index (χ0) is 18.4. The average Bonchev–Trinajstić information content (AvgIpc) is 2.58. The SMILES string of the molecule is CCc1cc(C(=O)OC(C)(C)C)cc(CN=[N+]=[N-])c1-c1ccncc1. The molecule has 0 atom stereocenters. The minimum atomic E-state index is -0.571. The van der Waals surface area contributed by atoms with E-state index in [0.29, 0.717) is 5.56 Å². The predicted octanol–water partition coefficient (Wildman–Crippen LogP) is 5.08. The summed E-state index contributed by atoms with van der Waals surface area (Å²) in [4.78, 5) is 19.4. The minimum Gasteiger partial charge on any atom is -0.456 e. The van der Waals surface area contributed by atoms with E-state index in [0.717, 1.165) is 28.7 Å². The second kappa shape index (κ2) is 7.81. The summed E-state index contributed by atoms with van der Waals surface area (Å²) < 4.78 is 5.48. The lowest BCUT2D eigenvalue weighted by Gasteiger charge is -2.21. The molecule has 0 aliphatic carbocycles. The van der Waals surface area contributed by atoms with Crippen LogP contribution in [-0.2, 0) is 17.7 Å². The molecule has 0 spiro atoms. The molecule has 0 unspecified atom stereocenters. The van der Waals surface area contributed by atoms with Crippen molar-refractivity contribution in [1.82, 2.24) is 4.98 Å². The van der Waals surface area contributed by atoms with Gasteiger partial charge in [-0.15, -0.1) is 0 Å². The van der Waals surface area contributed by atoms with Gasteiger partial charge in [-0.2, -0.15) is 0 Å². The van der Waals surface area contributed by atoms with Crippen LogP contribution in [0, 0.1) is 0 Å². The second-order valence-corrected chi connectivity index (χ2v) is 6.65. The van der Waals surface area contributed by atoms with Crippen molar-refractivity contribution in [2.24, 2.45) is 5.11 Å². The molecule has 0 saturated heterocycles. The van der Waals surface area contributed by atoms with E-state index < -0.39 is 5.60 Å². The van der Waals surface area contributed by atoms with Crippen LogP contribution in [0.3, 0.4) is 0 Å².